The van der Waals surface area contributed by atoms with E-state index in [1.54, 1.807) is 0 Å². The zero-order valence-electron chi connectivity index (χ0n) is 7.06. The number of hydrogen-bond acceptors (Lipinski definition) is 1. The highest BCUT2D eigenvalue weighted by Gasteiger charge is 2.00. The third-order valence-corrected chi connectivity index (χ3v) is 2.99. The minimum atomic E-state index is 0.688. The summed E-state index contributed by atoms with van der Waals surface area (Å²) in [6.07, 6.45) is 1.26. The van der Waals surface area contributed by atoms with Gasteiger partial charge in [0.15, 0.2) is 0 Å². The second kappa shape index (κ2) is 6.36. The van der Waals surface area contributed by atoms with Gasteiger partial charge >= 0.3 is 0 Å². The Labute approximate surface area is 73.7 Å². The zero-order chi connectivity index (χ0) is 7.98. The maximum atomic E-state index is 5.66. The minimum absolute atomic E-state index is 0.688. The molecule has 1 atom stereocenters. The lowest BCUT2D eigenvalue weighted by Gasteiger charge is -2.07. The lowest BCUT2D eigenvalue weighted by molar-refractivity contribution is 0.639. The van der Waals surface area contributed by atoms with Gasteiger partial charge in [0.05, 0.1) is 0 Å². The monoisotopic (exact) mass is 180 g/mol. The van der Waals surface area contributed by atoms with E-state index in [1.807, 2.05) is 11.8 Å². The Morgan fingerprint density at radius 1 is 1.30 bits per heavy atom. The van der Waals surface area contributed by atoms with E-state index in [-0.39, 0.29) is 0 Å². The zero-order valence-corrected chi connectivity index (χ0v) is 8.63. The normalized spacial score (nSPS) is 14.1. The Kier molecular flexibility index (Phi) is 6.76. The van der Waals surface area contributed by atoms with Gasteiger partial charge in [-0.3, -0.25) is 0 Å². The maximum Gasteiger partial charge on any atom is 0.0249 e. The van der Waals surface area contributed by atoms with Crippen LogP contribution in [0.1, 0.15) is 27.2 Å². The molecule has 0 saturated carbocycles. The summed E-state index contributed by atoms with van der Waals surface area (Å²) in [6.45, 7) is 6.67. The van der Waals surface area contributed by atoms with Crippen LogP contribution in [-0.2, 0) is 0 Å². The van der Waals surface area contributed by atoms with E-state index in [9.17, 15) is 0 Å². The predicted molar refractivity (Wildman–Crippen MR) is 52.1 cm³/mol. The molecule has 2 heteroatoms. The van der Waals surface area contributed by atoms with Crippen LogP contribution in [0, 0.1) is 5.92 Å². The van der Waals surface area contributed by atoms with E-state index in [2.05, 4.69) is 20.8 Å². The fourth-order valence-corrected chi connectivity index (χ4v) is 1.75. The lowest BCUT2D eigenvalue weighted by Crippen LogP contribution is -1.99. The summed E-state index contributed by atoms with van der Waals surface area (Å²) in [5.74, 6) is 2.75. The topological polar surface area (TPSA) is 0 Å². The van der Waals surface area contributed by atoms with Crippen LogP contribution in [0.4, 0.5) is 0 Å². The molecular weight excluding hydrogens is 164 g/mol. The molecule has 0 bridgehead atoms. The molecule has 62 valence electrons. The van der Waals surface area contributed by atoms with Crippen molar-refractivity contribution in [2.75, 3.05) is 11.6 Å². The third-order valence-electron chi connectivity index (χ3n) is 1.33. The lowest BCUT2D eigenvalue weighted by atomic mass is 10.2. The molecule has 0 spiro atoms. The first kappa shape index (κ1) is 10.6. The van der Waals surface area contributed by atoms with E-state index in [0.717, 1.165) is 11.1 Å². The van der Waals surface area contributed by atoms with Crippen LogP contribution in [-0.4, -0.2) is 16.9 Å². The Morgan fingerprint density at radius 2 is 1.90 bits per heavy atom. The summed E-state index contributed by atoms with van der Waals surface area (Å²) in [4.78, 5) is 0. The van der Waals surface area contributed by atoms with Gasteiger partial charge < -0.3 is 0 Å². The Balaban J connectivity index is 3.03. The molecule has 0 aromatic rings. The van der Waals surface area contributed by atoms with Gasteiger partial charge in [-0.1, -0.05) is 20.8 Å². The Hall–Kier alpha value is 0.640. The van der Waals surface area contributed by atoms with Crippen molar-refractivity contribution in [3.63, 3.8) is 0 Å². The average molecular weight is 181 g/mol. The van der Waals surface area contributed by atoms with Gasteiger partial charge in [-0.25, -0.2) is 0 Å². The van der Waals surface area contributed by atoms with E-state index in [1.165, 1.54) is 12.2 Å². The van der Waals surface area contributed by atoms with Gasteiger partial charge in [-0.2, -0.15) is 11.8 Å². The molecule has 0 aliphatic carbocycles. The molecule has 0 radical (unpaired) electrons. The van der Waals surface area contributed by atoms with Crippen LogP contribution in [0.5, 0.6) is 0 Å². The standard InChI is InChI=1S/C8H17ClS/c1-7(2)10-5-4-8(3)6-9/h7-8H,4-6H2,1-3H3. The average Bonchev–Trinajstić information content (AvgIpc) is 1.87. The van der Waals surface area contributed by atoms with Crippen LogP contribution in [0.25, 0.3) is 0 Å². The van der Waals surface area contributed by atoms with Gasteiger partial charge in [0.25, 0.3) is 0 Å². The number of thioether (sulfide) groups is 1. The first-order chi connectivity index (χ1) is 4.66. The highest BCUT2D eigenvalue weighted by Crippen LogP contribution is 2.14. The van der Waals surface area contributed by atoms with Crippen molar-refractivity contribution in [1.29, 1.82) is 0 Å². The van der Waals surface area contributed by atoms with Crippen molar-refractivity contribution in [3.05, 3.63) is 0 Å². The van der Waals surface area contributed by atoms with Gasteiger partial charge in [0.1, 0.15) is 0 Å². The smallest absolute Gasteiger partial charge is 0.0249 e. The van der Waals surface area contributed by atoms with Crippen molar-refractivity contribution in [2.24, 2.45) is 5.92 Å². The molecule has 0 nitrogen and oxygen atoms in total. The molecule has 0 aliphatic rings. The molecule has 0 amide bonds. The summed E-state index contributed by atoms with van der Waals surface area (Å²) in [5, 5.41) is 0.766. The van der Waals surface area contributed by atoms with Crippen LogP contribution in [0.15, 0.2) is 0 Å². The fraction of sp³-hybridized carbons (Fsp3) is 1.00. The van der Waals surface area contributed by atoms with Gasteiger partial charge in [-0.05, 0) is 23.3 Å². The van der Waals surface area contributed by atoms with E-state index >= 15 is 0 Å². The molecule has 0 aromatic carbocycles. The number of hydrogen-bond donors (Lipinski definition) is 0. The molecule has 1 unspecified atom stereocenters. The summed E-state index contributed by atoms with van der Waals surface area (Å²) in [6, 6.07) is 0. The second-order valence-corrected chi connectivity index (χ2v) is 4.96. The summed E-state index contributed by atoms with van der Waals surface area (Å²) < 4.78 is 0. The third kappa shape index (κ3) is 6.76. The van der Waals surface area contributed by atoms with Gasteiger partial charge in [0, 0.05) is 5.88 Å². The van der Waals surface area contributed by atoms with Crippen LogP contribution < -0.4 is 0 Å². The van der Waals surface area contributed by atoms with Crippen molar-refractivity contribution >= 4 is 23.4 Å². The highest BCUT2D eigenvalue weighted by molar-refractivity contribution is 7.99. The largest absolute Gasteiger partial charge is 0.159 e. The predicted octanol–water partition coefficient (Wildman–Crippen LogP) is 3.39. The van der Waals surface area contributed by atoms with Crippen LogP contribution >= 0.6 is 23.4 Å². The fourth-order valence-electron chi connectivity index (χ4n) is 0.582. The quantitative estimate of drug-likeness (QED) is 0.585. The molecular formula is C8H17ClS. The molecule has 0 saturated heterocycles. The Morgan fingerprint density at radius 3 is 2.30 bits per heavy atom. The number of rotatable bonds is 5. The minimum Gasteiger partial charge on any atom is -0.159 e. The van der Waals surface area contributed by atoms with Crippen molar-refractivity contribution in [2.45, 2.75) is 32.4 Å². The van der Waals surface area contributed by atoms with E-state index in [4.69, 9.17) is 11.6 Å². The SMILES string of the molecule is CC(CCl)CCSC(C)C. The van der Waals surface area contributed by atoms with Crippen molar-refractivity contribution in [3.8, 4) is 0 Å². The van der Waals surface area contributed by atoms with E-state index < -0.39 is 0 Å². The summed E-state index contributed by atoms with van der Waals surface area (Å²) in [7, 11) is 0. The van der Waals surface area contributed by atoms with E-state index in [0.29, 0.717) is 5.92 Å². The molecule has 0 fully saturated rings. The number of halogens is 1. The van der Waals surface area contributed by atoms with Crippen LogP contribution in [0.2, 0.25) is 0 Å². The molecule has 10 heavy (non-hydrogen) atoms. The molecule has 0 N–H and O–H groups in total. The summed E-state index contributed by atoms with van der Waals surface area (Å²) in [5.41, 5.74) is 0. The second-order valence-electron chi connectivity index (χ2n) is 2.97. The number of alkyl halides is 1. The maximum absolute atomic E-state index is 5.66. The van der Waals surface area contributed by atoms with Gasteiger partial charge in [0.2, 0.25) is 0 Å². The summed E-state index contributed by atoms with van der Waals surface area (Å²) >= 11 is 7.67. The Bertz CT molecular complexity index is 73.7. The first-order valence-corrected chi connectivity index (χ1v) is 5.42. The molecule has 0 rings (SSSR count). The van der Waals surface area contributed by atoms with Crippen molar-refractivity contribution in [1.82, 2.24) is 0 Å². The molecule has 0 aliphatic heterocycles. The van der Waals surface area contributed by atoms with Crippen molar-refractivity contribution < 1.29 is 0 Å². The molecule has 0 heterocycles. The molecule has 0 aromatic heterocycles. The highest BCUT2D eigenvalue weighted by atomic mass is 35.5. The van der Waals surface area contributed by atoms with Gasteiger partial charge in [-0.15, -0.1) is 11.6 Å². The first-order valence-electron chi connectivity index (χ1n) is 3.84. The van der Waals surface area contributed by atoms with Crippen LogP contribution in [0.3, 0.4) is 0 Å².